The van der Waals surface area contributed by atoms with E-state index < -0.39 is 10.0 Å². The molecule has 0 bridgehead atoms. The van der Waals surface area contributed by atoms with Crippen LogP contribution in [0.5, 0.6) is 0 Å². The van der Waals surface area contributed by atoms with E-state index >= 15 is 0 Å². The Morgan fingerprint density at radius 2 is 2.00 bits per heavy atom. The Kier molecular flexibility index (Phi) is 5.78. The summed E-state index contributed by atoms with van der Waals surface area (Å²) >= 11 is 0. The molecule has 0 saturated carbocycles. The van der Waals surface area contributed by atoms with E-state index in [0.29, 0.717) is 25.9 Å². The van der Waals surface area contributed by atoms with Crippen molar-refractivity contribution in [2.24, 2.45) is 0 Å². The smallest absolute Gasteiger partial charge is 0.223 e. The van der Waals surface area contributed by atoms with Crippen molar-refractivity contribution in [1.29, 1.82) is 0 Å². The van der Waals surface area contributed by atoms with Crippen LogP contribution < -0.4 is 4.72 Å². The van der Waals surface area contributed by atoms with Crippen molar-refractivity contribution in [3.05, 3.63) is 48.2 Å². The molecule has 1 aliphatic heterocycles. The van der Waals surface area contributed by atoms with Crippen LogP contribution in [0.4, 0.5) is 0 Å². The van der Waals surface area contributed by atoms with Crippen LogP contribution in [-0.4, -0.2) is 44.6 Å². The molecule has 1 atom stereocenters. The third-order valence-corrected chi connectivity index (χ3v) is 5.22. The Labute approximate surface area is 154 Å². The molecule has 1 fully saturated rings. The molecule has 1 N–H and O–H groups in total. The first-order valence-corrected chi connectivity index (χ1v) is 10.7. The molecular weight excluding hydrogens is 352 g/mol. The Morgan fingerprint density at radius 3 is 2.73 bits per heavy atom. The molecule has 2 aromatic rings. The fourth-order valence-corrected chi connectivity index (χ4v) is 4.06. The number of benzene rings is 1. The molecule has 1 saturated heterocycles. The van der Waals surface area contributed by atoms with E-state index in [1.807, 2.05) is 42.5 Å². The number of aryl methyl sites for hydroxylation is 1. The molecule has 140 valence electrons. The maximum Gasteiger partial charge on any atom is 0.223 e. The Balaban J connectivity index is 1.53. The monoisotopic (exact) mass is 376 g/mol. The normalized spacial score (nSPS) is 18.0. The number of nitrogens with one attached hydrogen (secondary N) is 1. The SMILES string of the molecule is CS(=O)(=O)N[C@H]1CCCN(C(=O)CCc2ccc(-c3ccccc3)o2)C1. The van der Waals surface area contributed by atoms with E-state index in [-0.39, 0.29) is 11.9 Å². The first-order chi connectivity index (χ1) is 12.4. The highest BCUT2D eigenvalue weighted by molar-refractivity contribution is 7.88. The quantitative estimate of drug-likeness (QED) is 0.840. The summed E-state index contributed by atoms with van der Waals surface area (Å²) in [7, 11) is -3.25. The van der Waals surface area contributed by atoms with Crippen molar-refractivity contribution in [2.75, 3.05) is 19.3 Å². The van der Waals surface area contributed by atoms with E-state index in [4.69, 9.17) is 4.42 Å². The summed E-state index contributed by atoms with van der Waals surface area (Å²) in [4.78, 5) is 14.2. The van der Waals surface area contributed by atoms with Gasteiger partial charge in [0.2, 0.25) is 15.9 Å². The molecule has 0 aliphatic carbocycles. The highest BCUT2D eigenvalue weighted by atomic mass is 32.2. The number of piperidine rings is 1. The van der Waals surface area contributed by atoms with Gasteiger partial charge in [-0.05, 0) is 25.0 Å². The predicted octanol–water partition coefficient (Wildman–Crippen LogP) is 2.42. The minimum absolute atomic E-state index is 0.0302. The number of rotatable bonds is 6. The molecule has 6 nitrogen and oxygen atoms in total. The van der Waals surface area contributed by atoms with Crippen LogP contribution in [0.15, 0.2) is 46.9 Å². The topological polar surface area (TPSA) is 79.6 Å². The van der Waals surface area contributed by atoms with Gasteiger partial charge in [0.05, 0.1) is 6.26 Å². The summed E-state index contributed by atoms with van der Waals surface area (Å²) < 4.78 is 31.2. The molecule has 0 spiro atoms. The molecule has 7 heteroatoms. The molecule has 0 unspecified atom stereocenters. The minimum atomic E-state index is -3.25. The molecule has 0 radical (unpaired) electrons. The maximum absolute atomic E-state index is 12.5. The summed E-state index contributed by atoms with van der Waals surface area (Å²) in [5.74, 6) is 1.60. The number of furan rings is 1. The van der Waals surface area contributed by atoms with E-state index in [1.54, 1.807) is 4.90 Å². The summed E-state index contributed by atoms with van der Waals surface area (Å²) in [5.41, 5.74) is 1.01. The fraction of sp³-hybridized carbons (Fsp3) is 0.421. The van der Waals surface area contributed by atoms with Crippen LogP contribution in [0.1, 0.15) is 25.0 Å². The molecule has 1 aromatic heterocycles. The number of nitrogens with zero attached hydrogens (tertiary/aromatic N) is 1. The van der Waals surface area contributed by atoms with Crippen molar-refractivity contribution in [2.45, 2.75) is 31.7 Å². The largest absolute Gasteiger partial charge is 0.461 e. The van der Waals surface area contributed by atoms with Crippen molar-refractivity contribution in [3.8, 4) is 11.3 Å². The zero-order valence-electron chi connectivity index (χ0n) is 14.8. The predicted molar refractivity (Wildman–Crippen MR) is 100 cm³/mol. The van der Waals surface area contributed by atoms with E-state index in [1.165, 1.54) is 0 Å². The van der Waals surface area contributed by atoms with Crippen LogP contribution in [0.3, 0.4) is 0 Å². The maximum atomic E-state index is 12.5. The number of hydrogen-bond donors (Lipinski definition) is 1. The zero-order valence-corrected chi connectivity index (χ0v) is 15.7. The van der Waals surface area contributed by atoms with Gasteiger partial charge in [0.1, 0.15) is 11.5 Å². The number of hydrogen-bond acceptors (Lipinski definition) is 4. The van der Waals surface area contributed by atoms with Gasteiger partial charge in [-0.15, -0.1) is 0 Å². The fourth-order valence-electron chi connectivity index (χ4n) is 3.26. The van der Waals surface area contributed by atoms with Crippen LogP contribution in [0.25, 0.3) is 11.3 Å². The van der Waals surface area contributed by atoms with Gasteiger partial charge in [0, 0.05) is 37.5 Å². The Hall–Kier alpha value is -2.12. The lowest BCUT2D eigenvalue weighted by Crippen LogP contribution is -2.49. The van der Waals surface area contributed by atoms with Crippen LogP contribution in [0, 0.1) is 0 Å². The van der Waals surface area contributed by atoms with Gasteiger partial charge in [-0.3, -0.25) is 4.79 Å². The molecule has 2 heterocycles. The molecule has 26 heavy (non-hydrogen) atoms. The summed E-state index contributed by atoms with van der Waals surface area (Å²) in [5, 5.41) is 0. The van der Waals surface area contributed by atoms with Crippen molar-refractivity contribution in [3.63, 3.8) is 0 Å². The highest BCUT2D eigenvalue weighted by Gasteiger charge is 2.25. The van der Waals surface area contributed by atoms with E-state index in [0.717, 1.165) is 36.2 Å². The summed E-state index contributed by atoms with van der Waals surface area (Å²) in [6, 6.07) is 13.5. The van der Waals surface area contributed by atoms with E-state index in [9.17, 15) is 13.2 Å². The van der Waals surface area contributed by atoms with Crippen molar-refractivity contribution in [1.82, 2.24) is 9.62 Å². The van der Waals surface area contributed by atoms with Crippen molar-refractivity contribution < 1.29 is 17.6 Å². The second-order valence-electron chi connectivity index (χ2n) is 6.70. The van der Waals surface area contributed by atoms with Gasteiger partial charge < -0.3 is 9.32 Å². The van der Waals surface area contributed by atoms with Crippen LogP contribution in [-0.2, 0) is 21.2 Å². The first-order valence-electron chi connectivity index (χ1n) is 8.80. The Bertz CT molecular complexity index is 845. The average molecular weight is 376 g/mol. The molecule has 1 amide bonds. The summed E-state index contributed by atoms with van der Waals surface area (Å²) in [6.07, 6.45) is 3.60. The Morgan fingerprint density at radius 1 is 1.23 bits per heavy atom. The number of sulfonamides is 1. The van der Waals surface area contributed by atoms with Gasteiger partial charge in [0.15, 0.2) is 0 Å². The standard InChI is InChI=1S/C19H24N2O4S/c1-26(23,24)20-16-8-5-13-21(14-16)19(22)12-10-17-9-11-18(25-17)15-6-3-2-4-7-15/h2-4,6-7,9,11,16,20H,5,8,10,12-14H2,1H3/t16-/m0/s1. The summed E-state index contributed by atoms with van der Waals surface area (Å²) in [6.45, 7) is 1.10. The molecule has 3 rings (SSSR count). The highest BCUT2D eigenvalue weighted by Crippen LogP contribution is 2.22. The van der Waals surface area contributed by atoms with Gasteiger partial charge in [-0.1, -0.05) is 30.3 Å². The average Bonchev–Trinajstić information content (AvgIpc) is 3.08. The lowest BCUT2D eigenvalue weighted by molar-refractivity contribution is -0.132. The van der Waals surface area contributed by atoms with Gasteiger partial charge >= 0.3 is 0 Å². The third kappa shape index (κ3) is 5.19. The first kappa shape index (κ1) is 18.7. The second kappa shape index (κ2) is 8.05. The lowest BCUT2D eigenvalue weighted by Gasteiger charge is -2.32. The number of carbonyl (C=O) groups is 1. The number of amides is 1. The molecular formula is C19H24N2O4S. The molecule has 1 aliphatic rings. The number of likely N-dealkylation sites (tertiary alicyclic amines) is 1. The zero-order chi connectivity index (χ0) is 18.6. The van der Waals surface area contributed by atoms with Gasteiger partial charge in [-0.2, -0.15) is 0 Å². The van der Waals surface area contributed by atoms with Crippen LogP contribution >= 0.6 is 0 Å². The number of carbonyl (C=O) groups excluding carboxylic acids is 1. The minimum Gasteiger partial charge on any atom is -0.461 e. The molecule has 1 aromatic carbocycles. The van der Waals surface area contributed by atoms with Gasteiger partial charge in [0.25, 0.3) is 0 Å². The third-order valence-electron chi connectivity index (χ3n) is 4.46. The van der Waals surface area contributed by atoms with E-state index in [2.05, 4.69) is 4.72 Å². The van der Waals surface area contributed by atoms with Crippen LogP contribution in [0.2, 0.25) is 0 Å². The van der Waals surface area contributed by atoms with Crippen molar-refractivity contribution >= 4 is 15.9 Å². The lowest BCUT2D eigenvalue weighted by atomic mass is 10.1. The second-order valence-corrected chi connectivity index (χ2v) is 8.48. The van der Waals surface area contributed by atoms with Gasteiger partial charge in [-0.25, -0.2) is 13.1 Å².